The van der Waals surface area contributed by atoms with Crippen molar-refractivity contribution < 1.29 is 19.1 Å². The molecule has 0 rings (SSSR count). The number of nitrogens with zero attached hydrogens (tertiary/aromatic N) is 1. The van der Waals surface area contributed by atoms with Gasteiger partial charge < -0.3 is 19.5 Å². The fourth-order valence-corrected chi connectivity index (χ4v) is 3.46. The summed E-state index contributed by atoms with van der Waals surface area (Å²) in [7, 11) is -0.923. The lowest BCUT2D eigenvalue weighted by Gasteiger charge is -2.42. The number of hydrogen-bond donors (Lipinski definition) is 2. The molecule has 0 saturated heterocycles. The maximum Gasteiger partial charge on any atom is 0.337 e. The summed E-state index contributed by atoms with van der Waals surface area (Å²) in [5.41, 5.74) is -2.02. The molecule has 90 valence electrons. The molecule has 0 aromatic carbocycles. The summed E-state index contributed by atoms with van der Waals surface area (Å²) >= 11 is 0. The van der Waals surface area contributed by atoms with E-state index in [9.17, 15) is 19.1 Å². The fourth-order valence-electron chi connectivity index (χ4n) is 2.08. The Balaban J connectivity index is 5.39. The van der Waals surface area contributed by atoms with Gasteiger partial charge in [0.05, 0.1) is 0 Å². The molecule has 1 unspecified atom stereocenters. The van der Waals surface area contributed by atoms with Crippen LogP contribution in [0.3, 0.4) is 0 Å². The molecule has 2 N–H and O–H groups in total. The Labute approximate surface area is 90.6 Å². The lowest BCUT2D eigenvalue weighted by atomic mass is 9.88. The van der Waals surface area contributed by atoms with Crippen LogP contribution in [0.25, 0.3) is 0 Å². The standard InChI is InChI=1S/C9H20NO4P/c1-5-9(6-2,10(3)4)8(7-11)15(12,13)14/h7-8H,5-6H2,1-4H3,(H2,12,13,14). The zero-order valence-corrected chi connectivity index (χ0v) is 10.6. The third-order valence-corrected chi connectivity index (χ3v) is 4.48. The van der Waals surface area contributed by atoms with Gasteiger partial charge in [-0.15, -0.1) is 0 Å². The molecule has 0 radical (unpaired) electrons. The molecule has 0 amide bonds. The highest BCUT2D eigenvalue weighted by Crippen LogP contribution is 2.49. The van der Waals surface area contributed by atoms with Crippen molar-refractivity contribution >= 4 is 13.9 Å². The van der Waals surface area contributed by atoms with Gasteiger partial charge in [-0.25, -0.2) is 0 Å². The topological polar surface area (TPSA) is 77.8 Å². The molecule has 0 aromatic rings. The van der Waals surface area contributed by atoms with Crippen molar-refractivity contribution in [2.75, 3.05) is 14.1 Å². The van der Waals surface area contributed by atoms with Crippen LogP contribution < -0.4 is 0 Å². The first-order valence-corrected chi connectivity index (χ1v) is 6.62. The van der Waals surface area contributed by atoms with Crippen LogP contribution in [0, 0.1) is 0 Å². The smallest absolute Gasteiger partial charge is 0.324 e. The van der Waals surface area contributed by atoms with Crippen LogP contribution in [-0.4, -0.2) is 46.3 Å². The van der Waals surface area contributed by atoms with Gasteiger partial charge in [-0.05, 0) is 26.9 Å². The van der Waals surface area contributed by atoms with Crippen LogP contribution in [0.5, 0.6) is 0 Å². The average molecular weight is 237 g/mol. The molecule has 0 heterocycles. The summed E-state index contributed by atoms with van der Waals surface area (Å²) in [6.07, 6.45) is 1.42. The lowest BCUT2D eigenvalue weighted by molar-refractivity contribution is -0.110. The first-order valence-electron chi connectivity index (χ1n) is 4.94. The Bertz CT molecular complexity index is 257. The summed E-state index contributed by atoms with van der Waals surface area (Å²) in [6.45, 7) is 3.66. The molecular weight excluding hydrogens is 217 g/mol. The quantitative estimate of drug-likeness (QED) is 0.529. The van der Waals surface area contributed by atoms with Crippen LogP contribution in [-0.2, 0) is 9.36 Å². The molecule has 0 bridgehead atoms. The van der Waals surface area contributed by atoms with Gasteiger partial charge in [0.1, 0.15) is 11.9 Å². The number of hydrogen-bond acceptors (Lipinski definition) is 3. The van der Waals surface area contributed by atoms with Crippen molar-refractivity contribution in [1.29, 1.82) is 0 Å². The minimum atomic E-state index is -4.39. The summed E-state index contributed by atoms with van der Waals surface area (Å²) in [4.78, 5) is 31.0. The molecule has 0 aliphatic heterocycles. The van der Waals surface area contributed by atoms with Crippen LogP contribution in [0.15, 0.2) is 0 Å². The van der Waals surface area contributed by atoms with Gasteiger partial charge in [0.25, 0.3) is 0 Å². The second kappa shape index (κ2) is 5.21. The van der Waals surface area contributed by atoms with Gasteiger partial charge in [0.2, 0.25) is 0 Å². The molecule has 0 aliphatic carbocycles. The molecule has 5 nitrogen and oxygen atoms in total. The van der Waals surface area contributed by atoms with Gasteiger partial charge in [0.15, 0.2) is 0 Å². The van der Waals surface area contributed by atoms with Crippen LogP contribution in [0.2, 0.25) is 0 Å². The number of aldehydes is 1. The van der Waals surface area contributed by atoms with Crippen molar-refractivity contribution in [2.45, 2.75) is 37.9 Å². The Kier molecular flexibility index (Phi) is 5.14. The highest BCUT2D eigenvalue weighted by atomic mass is 31.2. The molecular formula is C9H20NO4P. The van der Waals surface area contributed by atoms with E-state index >= 15 is 0 Å². The van der Waals surface area contributed by atoms with Crippen molar-refractivity contribution in [3.8, 4) is 0 Å². The van der Waals surface area contributed by atoms with E-state index in [1.807, 2.05) is 13.8 Å². The number of rotatable bonds is 6. The normalized spacial score (nSPS) is 15.4. The average Bonchev–Trinajstić information content (AvgIpc) is 2.11. The monoisotopic (exact) mass is 237 g/mol. The SMILES string of the molecule is CCC(CC)(C(C=O)P(=O)(O)O)N(C)C. The van der Waals surface area contributed by atoms with Crippen LogP contribution >= 0.6 is 7.60 Å². The number of carbonyl (C=O) groups is 1. The van der Waals surface area contributed by atoms with E-state index < -0.39 is 18.8 Å². The molecule has 15 heavy (non-hydrogen) atoms. The first-order chi connectivity index (χ1) is 6.76. The van der Waals surface area contributed by atoms with E-state index in [1.165, 1.54) is 0 Å². The van der Waals surface area contributed by atoms with Gasteiger partial charge in [-0.3, -0.25) is 4.57 Å². The molecule has 0 fully saturated rings. The minimum Gasteiger partial charge on any atom is -0.324 e. The van der Waals surface area contributed by atoms with E-state index in [1.54, 1.807) is 19.0 Å². The summed E-state index contributed by atoms with van der Waals surface area (Å²) in [5.74, 6) is 0. The zero-order chi connectivity index (χ0) is 12.3. The second-order valence-electron chi connectivity index (χ2n) is 3.88. The van der Waals surface area contributed by atoms with Gasteiger partial charge >= 0.3 is 7.60 Å². The maximum absolute atomic E-state index is 11.3. The molecule has 1 atom stereocenters. The molecule has 0 saturated carbocycles. The van der Waals surface area contributed by atoms with E-state index in [0.29, 0.717) is 19.1 Å². The molecule has 0 aromatic heterocycles. The Hall–Kier alpha value is -0.220. The van der Waals surface area contributed by atoms with E-state index in [4.69, 9.17) is 0 Å². The third kappa shape index (κ3) is 2.88. The highest BCUT2D eigenvalue weighted by molar-refractivity contribution is 7.53. The zero-order valence-electron chi connectivity index (χ0n) is 9.67. The third-order valence-electron chi connectivity index (χ3n) is 3.16. The van der Waals surface area contributed by atoms with Gasteiger partial charge in [-0.2, -0.15) is 0 Å². The van der Waals surface area contributed by atoms with Crippen molar-refractivity contribution in [3.05, 3.63) is 0 Å². The van der Waals surface area contributed by atoms with Crippen molar-refractivity contribution in [1.82, 2.24) is 4.90 Å². The summed E-state index contributed by atoms with van der Waals surface area (Å²) in [5, 5.41) is 0. The van der Waals surface area contributed by atoms with Crippen molar-refractivity contribution in [2.24, 2.45) is 0 Å². The molecule has 6 heteroatoms. The second-order valence-corrected chi connectivity index (χ2v) is 5.61. The van der Waals surface area contributed by atoms with Gasteiger partial charge in [-0.1, -0.05) is 13.8 Å². The Morgan fingerprint density at radius 2 is 1.73 bits per heavy atom. The molecule has 0 spiro atoms. The fraction of sp³-hybridized carbons (Fsp3) is 0.889. The Morgan fingerprint density at radius 1 is 1.33 bits per heavy atom. The van der Waals surface area contributed by atoms with E-state index in [0.717, 1.165) is 0 Å². The minimum absolute atomic E-state index is 0.383. The van der Waals surface area contributed by atoms with Crippen molar-refractivity contribution in [3.63, 3.8) is 0 Å². The summed E-state index contributed by atoms with van der Waals surface area (Å²) < 4.78 is 11.3. The highest BCUT2D eigenvalue weighted by Gasteiger charge is 2.47. The van der Waals surface area contributed by atoms with Crippen LogP contribution in [0.4, 0.5) is 0 Å². The maximum atomic E-state index is 11.3. The summed E-state index contributed by atoms with van der Waals surface area (Å²) in [6, 6.07) is 0. The van der Waals surface area contributed by atoms with E-state index in [-0.39, 0.29) is 0 Å². The Morgan fingerprint density at radius 3 is 1.80 bits per heavy atom. The predicted molar refractivity (Wildman–Crippen MR) is 58.9 cm³/mol. The first kappa shape index (κ1) is 14.8. The largest absolute Gasteiger partial charge is 0.337 e. The van der Waals surface area contributed by atoms with Gasteiger partial charge in [0, 0.05) is 5.54 Å². The van der Waals surface area contributed by atoms with E-state index in [2.05, 4.69) is 0 Å². The van der Waals surface area contributed by atoms with Crippen LogP contribution in [0.1, 0.15) is 26.7 Å². The number of carbonyl (C=O) groups excluding carboxylic acids is 1. The lowest BCUT2D eigenvalue weighted by Crippen LogP contribution is -2.53. The predicted octanol–water partition coefficient (Wildman–Crippen LogP) is 0.852. The molecule has 0 aliphatic rings.